The van der Waals surface area contributed by atoms with Crippen molar-refractivity contribution in [2.75, 3.05) is 5.75 Å². The van der Waals surface area contributed by atoms with Gasteiger partial charge < -0.3 is 21.3 Å². The lowest BCUT2D eigenvalue weighted by atomic mass is 10.1. The molecule has 25 heavy (non-hydrogen) atoms. The Bertz CT molecular complexity index is 760. The van der Waals surface area contributed by atoms with Gasteiger partial charge in [0, 0.05) is 5.75 Å². The molecule has 1 amide bonds. The highest BCUT2D eigenvalue weighted by Gasteiger charge is 2.31. The predicted octanol–water partition coefficient (Wildman–Crippen LogP) is 0.760. The second-order valence-corrected chi connectivity index (χ2v) is 6.34. The maximum absolute atomic E-state index is 12.3. The Morgan fingerprint density at radius 1 is 1.24 bits per heavy atom. The Morgan fingerprint density at radius 3 is 2.44 bits per heavy atom. The van der Waals surface area contributed by atoms with Gasteiger partial charge in [-0.3, -0.25) is 4.79 Å². The Morgan fingerprint density at radius 2 is 1.88 bits per heavy atom. The van der Waals surface area contributed by atoms with Crippen molar-refractivity contribution in [3.8, 4) is 0 Å². The van der Waals surface area contributed by atoms with Crippen LogP contribution in [0.25, 0.3) is 0 Å². The van der Waals surface area contributed by atoms with Crippen molar-refractivity contribution in [2.45, 2.75) is 19.0 Å². The molecule has 5 N–H and O–H groups in total. The molecule has 1 aromatic carbocycles. The molecule has 2 unspecified atom stereocenters. The SMILES string of the molecule is CC1=C(C(=O)O)N=C(C(NC(=O)C(N)c2ccccc2)C(=O)O)SC1. The van der Waals surface area contributed by atoms with Crippen LogP contribution in [0, 0.1) is 0 Å². The van der Waals surface area contributed by atoms with Gasteiger partial charge in [-0.1, -0.05) is 30.3 Å². The third-order valence-corrected chi connectivity index (χ3v) is 4.69. The van der Waals surface area contributed by atoms with E-state index in [4.69, 9.17) is 10.8 Å². The third-order valence-electron chi connectivity index (χ3n) is 3.49. The maximum Gasteiger partial charge on any atom is 0.354 e. The Labute approximate surface area is 147 Å². The zero-order valence-corrected chi connectivity index (χ0v) is 14.1. The fourth-order valence-electron chi connectivity index (χ4n) is 2.14. The lowest BCUT2D eigenvalue weighted by Gasteiger charge is -2.22. The molecule has 0 aliphatic carbocycles. The molecule has 0 bridgehead atoms. The number of aliphatic carboxylic acids is 2. The molecule has 0 saturated carbocycles. The number of nitrogens with zero attached hydrogens (tertiary/aromatic N) is 1. The molecule has 1 aromatic rings. The zero-order chi connectivity index (χ0) is 18.6. The van der Waals surface area contributed by atoms with E-state index in [2.05, 4.69) is 10.3 Å². The van der Waals surface area contributed by atoms with Crippen LogP contribution in [-0.4, -0.2) is 44.9 Å². The molecule has 1 heterocycles. The molecule has 132 valence electrons. The van der Waals surface area contributed by atoms with Crippen molar-refractivity contribution in [3.63, 3.8) is 0 Å². The summed E-state index contributed by atoms with van der Waals surface area (Å²) in [7, 11) is 0. The summed E-state index contributed by atoms with van der Waals surface area (Å²) in [5, 5.41) is 20.9. The van der Waals surface area contributed by atoms with Crippen LogP contribution in [0.5, 0.6) is 0 Å². The number of carboxylic acids is 2. The smallest absolute Gasteiger partial charge is 0.354 e. The van der Waals surface area contributed by atoms with Crippen molar-refractivity contribution in [2.24, 2.45) is 10.7 Å². The van der Waals surface area contributed by atoms with Gasteiger partial charge in [-0.25, -0.2) is 14.6 Å². The fraction of sp³-hybridized carbons (Fsp3) is 0.250. The van der Waals surface area contributed by atoms with Crippen LogP contribution in [-0.2, 0) is 14.4 Å². The molecular weight excluding hydrogens is 346 g/mol. The van der Waals surface area contributed by atoms with E-state index < -0.39 is 29.9 Å². The molecule has 0 saturated heterocycles. The number of thioether (sulfide) groups is 1. The van der Waals surface area contributed by atoms with Gasteiger partial charge in [0.25, 0.3) is 0 Å². The Kier molecular flexibility index (Phi) is 5.94. The number of nitrogens with two attached hydrogens (primary N) is 1. The minimum absolute atomic E-state index is 0.00381. The number of hydrogen-bond acceptors (Lipinski definition) is 6. The molecule has 8 nitrogen and oxygen atoms in total. The lowest BCUT2D eigenvalue weighted by molar-refractivity contribution is -0.140. The first-order valence-corrected chi connectivity index (χ1v) is 8.28. The summed E-state index contributed by atoms with van der Waals surface area (Å²) in [5.41, 5.74) is 6.71. The summed E-state index contributed by atoms with van der Waals surface area (Å²) in [6.07, 6.45) is 0. The number of benzene rings is 1. The first kappa shape index (κ1) is 18.7. The molecule has 0 spiro atoms. The normalized spacial score (nSPS) is 16.6. The van der Waals surface area contributed by atoms with E-state index in [0.717, 1.165) is 11.8 Å². The molecule has 1 aliphatic heterocycles. The monoisotopic (exact) mass is 363 g/mol. The summed E-state index contributed by atoms with van der Waals surface area (Å²) in [4.78, 5) is 38.9. The van der Waals surface area contributed by atoms with E-state index in [1.807, 2.05) is 0 Å². The van der Waals surface area contributed by atoms with E-state index in [9.17, 15) is 19.5 Å². The number of carbonyl (C=O) groups is 3. The van der Waals surface area contributed by atoms with Gasteiger partial charge in [0.15, 0.2) is 6.04 Å². The van der Waals surface area contributed by atoms with Crippen molar-refractivity contribution in [1.82, 2.24) is 5.32 Å². The van der Waals surface area contributed by atoms with Crippen molar-refractivity contribution < 1.29 is 24.6 Å². The topological polar surface area (TPSA) is 142 Å². The van der Waals surface area contributed by atoms with Gasteiger partial charge in [-0.05, 0) is 18.1 Å². The van der Waals surface area contributed by atoms with E-state index in [0.29, 0.717) is 11.1 Å². The van der Waals surface area contributed by atoms with Crippen LogP contribution in [0.2, 0.25) is 0 Å². The maximum atomic E-state index is 12.3. The van der Waals surface area contributed by atoms with E-state index in [1.54, 1.807) is 37.3 Å². The van der Waals surface area contributed by atoms with E-state index >= 15 is 0 Å². The molecule has 0 radical (unpaired) electrons. The minimum Gasteiger partial charge on any atom is -0.479 e. The first-order chi connectivity index (χ1) is 11.8. The Balaban J connectivity index is 2.22. The van der Waals surface area contributed by atoms with Crippen molar-refractivity contribution >= 4 is 34.7 Å². The minimum atomic E-state index is -1.46. The van der Waals surface area contributed by atoms with Crippen LogP contribution in [0.3, 0.4) is 0 Å². The van der Waals surface area contributed by atoms with Gasteiger partial charge in [0.2, 0.25) is 5.91 Å². The number of amides is 1. The largest absolute Gasteiger partial charge is 0.479 e. The average molecular weight is 363 g/mol. The van der Waals surface area contributed by atoms with E-state index in [1.165, 1.54) is 0 Å². The summed E-state index contributed by atoms with van der Waals surface area (Å²) >= 11 is 1.07. The van der Waals surface area contributed by atoms with Gasteiger partial charge in [0.05, 0.1) is 0 Å². The molecule has 2 atom stereocenters. The standard InChI is InChI=1S/C16H17N3O5S/c1-8-7-25-14(19-11(8)15(21)22)12(16(23)24)18-13(20)10(17)9-5-3-2-4-6-9/h2-6,10,12H,7,17H2,1H3,(H,18,20)(H,21,22)(H,23,24). The average Bonchev–Trinajstić information content (AvgIpc) is 2.59. The summed E-state index contributed by atoms with van der Waals surface area (Å²) in [6, 6.07) is 5.99. The summed E-state index contributed by atoms with van der Waals surface area (Å²) in [5.74, 6) is -2.99. The highest BCUT2D eigenvalue weighted by molar-refractivity contribution is 8.14. The number of aliphatic imine (C=N–C) groups is 1. The van der Waals surface area contributed by atoms with Gasteiger partial charge in [0.1, 0.15) is 16.8 Å². The van der Waals surface area contributed by atoms with Crippen LogP contribution in [0.15, 0.2) is 46.6 Å². The third kappa shape index (κ3) is 4.46. The predicted molar refractivity (Wildman–Crippen MR) is 93.2 cm³/mol. The lowest BCUT2D eigenvalue weighted by Crippen LogP contribution is -2.49. The highest BCUT2D eigenvalue weighted by atomic mass is 32.2. The molecule has 9 heteroatoms. The number of carboxylic acid groups (broad SMARTS) is 2. The highest BCUT2D eigenvalue weighted by Crippen LogP contribution is 2.24. The van der Waals surface area contributed by atoms with Gasteiger partial charge in [-0.2, -0.15) is 0 Å². The zero-order valence-electron chi connectivity index (χ0n) is 13.3. The summed E-state index contributed by atoms with van der Waals surface area (Å²) in [6.45, 7) is 1.61. The number of nitrogens with one attached hydrogen (secondary N) is 1. The van der Waals surface area contributed by atoms with Crippen LogP contribution in [0.1, 0.15) is 18.5 Å². The van der Waals surface area contributed by atoms with Crippen molar-refractivity contribution in [3.05, 3.63) is 47.2 Å². The first-order valence-electron chi connectivity index (χ1n) is 7.29. The van der Waals surface area contributed by atoms with Crippen LogP contribution in [0.4, 0.5) is 0 Å². The molecule has 1 aliphatic rings. The Hall–Kier alpha value is -2.65. The van der Waals surface area contributed by atoms with Crippen LogP contribution < -0.4 is 11.1 Å². The number of rotatable bonds is 6. The van der Waals surface area contributed by atoms with E-state index in [-0.39, 0.29) is 16.5 Å². The quantitative estimate of drug-likeness (QED) is 0.584. The van der Waals surface area contributed by atoms with Crippen LogP contribution >= 0.6 is 11.8 Å². The van der Waals surface area contributed by atoms with Gasteiger partial charge >= 0.3 is 11.9 Å². The fourth-order valence-corrected chi connectivity index (χ4v) is 3.12. The second kappa shape index (κ2) is 7.95. The van der Waals surface area contributed by atoms with Gasteiger partial charge in [-0.15, -0.1) is 11.8 Å². The molecule has 0 aromatic heterocycles. The molecular formula is C16H17N3O5S. The number of carbonyl (C=O) groups excluding carboxylic acids is 1. The molecule has 0 fully saturated rings. The summed E-state index contributed by atoms with van der Waals surface area (Å²) < 4.78 is 0. The number of hydrogen-bond donors (Lipinski definition) is 4. The second-order valence-electron chi connectivity index (χ2n) is 5.34. The van der Waals surface area contributed by atoms with Crippen molar-refractivity contribution in [1.29, 1.82) is 0 Å². The molecule has 2 rings (SSSR count).